The Bertz CT molecular complexity index is 995. The zero-order valence-corrected chi connectivity index (χ0v) is 16.2. The topological polar surface area (TPSA) is 58.6 Å². The minimum absolute atomic E-state index is 0.181. The Morgan fingerprint density at radius 2 is 1.93 bits per heavy atom. The van der Waals surface area contributed by atoms with E-state index in [1.54, 1.807) is 12.4 Å². The third-order valence-electron chi connectivity index (χ3n) is 5.31. The summed E-state index contributed by atoms with van der Waals surface area (Å²) in [4.78, 5) is 8.66. The van der Waals surface area contributed by atoms with Crippen molar-refractivity contribution in [2.75, 3.05) is 0 Å². The van der Waals surface area contributed by atoms with Crippen LogP contribution < -0.4 is 0 Å². The van der Waals surface area contributed by atoms with Crippen LogP contribution in [0.3, 0.4) is 0 Å². The molecule has 140 valence electrons. The molecule has 2 heterocycles. The van der Waals surface area contributed by atoms with E-state index in [4.69, 9.17) is 4.42 Å². The maximum absolute atomic E-state index is 11.1. The summed E-state index contributed by atoms with van der Waals surface area (Å²) in [7, 11) is 0. The first-order valence-electron chi connectivity index (χ1n) is 9.64. The second-order valence-electron chi connectivity index (χ2n) is 8.35. The molecule has 0 atom stereocenters. The first-order chi connectivity index (χ1) is 12.9. The first-order valence-corrected chi connectivity index (χ1v) is 9.64. The van der Waals surface area contributed by atoms with Crippen LogP contribution in [0.4, 0.5) is 0 Å². The van der Waals surface area contributed by atoms with Crippen LogP contribution in [0.5, 0.6) is 5.75 Å². The van der Waals surface area contributed by atoms with Crippen molar-refractivity contribution in [3.05, 3.63) is 58.6 Å². The van der Waals surface area contributed by atoms with Gasteiger partial charge in [0.1, 0.15) is 17.1 Å². The SMILES string of the molecule is CC(C)(C)c1cc2oc3c(c2c(C=NCc2ccncc2)c1O)CCCC3. The molecular formula is C23H26N2O2. The summed E-state index contributed by atoms with van der Waals surface area (Å²) >= 11 is 0. The number of aromatic hydroxyl groups is 1. The minimum atomic E-state index is -0.181. The molecule has 0 bridgehead atoms. The van der Waals surface area contributed by atoms with Crippen molar-refractivity contribution in [1.29, 1.82) is 0 Å². The number of pyridine rings is 1. The Morgan fingerprint density at radius 1 is 1.19 bits per heavy atom. The normalized spacial score (nSPS) is 14.8. The van der Waals surface area contributed by atoms with Gasteiger partial charge in [0.15, 0.2) is 0 Å². The lowest BCUT2D eigenvalue weighted by molar-refractivity contribution is 0.446. The molecule has 4 rings (SSSR count). The lowest BCUT2D eigenvalue weighted by Crippen LogP contribution is -2.12. The number of fused-ring (bicyclic) bond motifs is 3. The van der Waals surface area contributed by atoms with Crippen LogP contribution in [0, 0.1) is 0 Å². The van der Waals surface area contributed by atoms with Crippen molar-refractivity contribution < 1.29 is 9.52 Å². The van der Waals surface area contributed by atoms with E-state index in [9.17, 15) is 5.11 Å². The minimum Gasteiger partial charge on any atom is -0.507 e. The molecule has 2 aromatic heterocycles. The van der Waals surface area contributed by atoms with Crippen LogP contribution in [-0.2, 0) is 24.8 Å². The molecule has 3 aromatic rings. The van der Waals surface area contributed by atoms with Crippen molar-refractivity contribution in [3.8, 4) is 5.75 Å². The molecule has 0 saturated heterocycles. The van der Waals surface area contributed by atoms with Crippen molar-refractivity contribution in [2.45, 2.75) is 58.4 Å². The third-order valence-corrected chi connectivity index (χ3v) is 5.31. The summed E-state index contributed by atoms with van der Waals surface area (Å²) in [5.74, 6) is 1.40. The molecule has 0 unspecified atom stereocenters. The van der Waals surface area contributed by atoms with Gasteiger partial charge >= 0.3 is 0 Å². The number of hydrogen-bond donors (Lipinski definition) is 1. The van der Waals surface area contributed by atoms with Gasteiger partial charge in [-0.1, -0.05) is 20.8 Å². The van der Waals surface area contributed by atoms with E-state index in [2.05, 4.69) is 30.7 Å². The van der Waals surface area contributed by atoms with Gasteiger partial charge in [-0.25, -0.2) is 0 Å². The molecule has 4 heteroatoms. The Kier molecular flexibility index (Phi) is 4.50. The number of phenols is 1. The van der Waals surface area contributed by atoms with Gasteiger partial charge in [-0.05, 0) is 48.4 Å². The smallest absolute Gasteiger partial charge is 0.135 e. The highest BCUT2D eigenvalue weighted by Crippen LogP contribution is 2.42. The summed E-state index contributed by atoms with van der Waals surface area (Å²) in [5, 5.41) is 12.1. The summed E-state index contributed by atoms with van der Waals surface area (Å²) in [6.45, 7) is 6.88. The highest BCUT2D eigenvalue weighted by Gasteiger charge is 2.27. The molecule has 4 nitrogen and oxygen atoms in total. The zero-order valence-electron chi connectivity index (χ0n) is 16.2. The fraction of sp³-hybridized carbons (Fsp3) is 0.391. The second-order valence-corrected chi connectivity index (χ2v) is 8.35. The predicted molar refractivity (Wildman–Crippen MR) is 109 cm³/mol. The van der Waals surface area contributed by atoms with Gasteiger partial charge in [0.05, 0.1) is 6.54 Å². The molecule has 0 saturated carbocycles. The molecule has 1 N–H and O–H groups in total. The number of aromatic nitrogens is 1. The van der Waals surface area contributed by atoms with E-state index in [0.29, 0.717) is 12.3 Å². The zero-order chi connectivity index (χ0) is 19.0. The average Bonchev–Trinajstić information content (AvgIpc) is 3.01. The number of rotatable bonds is 3. The molecule has 1 aromatic carbocycles. The number of furan rings is 1. The molecule has 0 radical (unpaired) electrons. The fourth-order valence-electron chi connectivity index (χ4n) is 3.87. The summed E-state index contributed by atoms with van der Waals surface area (Å²) in [6.07, 6.45) is 9.66. The number of hydrogen-bond acceptors (Lipinski definition) is 4. The molecule has 0 aliphatic heterocycles. The Labute approximate surface area is 160 Å². The van der Waals surface area contributed by atoms with Gasteiger partial charge in [0.2, 0.25) is 0 Å². The van der Waals surface area contributed by atoms with E-state index >= 15 is 0 Å². The van der Waals surface area contributed by atoms with Gasteiger partial charge in [0.25, 0.3) is 0 Å². The maximum Gasteiger partial charge on any atom is 0.135 e. The van der Waals surface area contributed by atoms with Crippen molar-refractivity contribution in [1.82, 2.24) is 4.98 Å². The molecular weight excluding hydrogens is 336 g/mol. The Hall–Kier alpha value is -2.62. The summed E-state index contributed by atoms with van der Waals surface area (Å²) < 4.78 is 6.21. The highest BCUT2D eigenvalue weighted by atomic mass is 16.3. The van der Waals surface area contributed by atoms with Crippen LogP contribution in [0.15, 0.2) is 40.0 Å². The largest absolute Gasteiger partial charge is 0.507 e. The van der Waals surface area contributed by atoms with Crippen LogP contribution in [0.1, 0.15) is 61.6 Å². The number of benzene rings is 1. The van der Waals surface area contributed by atoms with E-state index in [1.165, 1.54) is 5.56 Å². The van der Waals surface area contributed by atoms with Gasteiger partial charge in [0, 0.05) is 47.1 Å². The van der Waals surface area contributed by atoms with Gasteiger partial charge in [-0.2, -0.15) is 0 Å². The van der Waals surface area contributed by atoms with E-state index in [-0.39, 0.29) is 5.41 Å². The molecule has 0 amide bonds. The summed E-state index contributed by atoms with van der Waals surface area (Å²) in [5.41, 5.74) is 4.72. The number of phenolic OH excluding ortho intramolecular Hbond substituents is 1. The van der Waals surface area contributed by atoms with Gasteiger partial charge in [-0.3, -0.25) is 9.98 Å². The van der Waals surface area contributed by atoms with Crippen molar-refractivity contribution in [2.24, 2.45) is 4.99 Å². The second kappa shape index (κ2) is 6.84. The highest BCUT2D eigenvalue weighted by molar-refractivity contribution is 6.03. The van der Waals surface area contributed by atoms with E-state index < -0.39 is 0 Å². The van der Waals surface area contributed by atoms with Crippen LogP contribution >= 0.6 is 0 Å². The maximum atomic E-state index is 11.1. The number of aryl methyl sites for hydroxylation is 2. The number of nitrogens with zero attached hydrogens (tertiary/aromatic N) is 2. The van der Waals surface area contributed by atoms with Crippen molar-refractivity contribution in [3.63, 3.8) is 0 Å². The monoisotopic (exact) mass is 362 g/mol. The Balaban J connectivity index is 1.85. The molecule has 27 heavy (non-hydrogen) atoms. The molecule has 1 aliphatic rings. The first kappa shape index (κ1) is 17.8. The third kappa shape index (κ3) is 3.36. The quantitative estimate of drug-likeness (QED) is 0.641. The van der Waals surface area contributed by atoms with E-state index in [1.807, 2.05) is 24.4 Å². The molecule has 0 fully saturated rings. The lowest BCUT2D eigenvalue weighted by Gasteiger charge is -2.21. The molecule has 1 aliphatic carbocycles. The lowest BCUT2D eigenvalue weighted by atomic mass is 9.83. The summed E-state index contributed by atoms with van der Waals surface area (Å²) in [6, 6.07) is 5.93. The standard InChI is InChI=1S/C23H26N2O2/c1-23(2,3)18-12-20-21(16-6-4-5-7-19(16)27-20)17(22(18)26)14-25-13-15-8-10-24-11-9-15/h8-12,14,26H,4-7,13H2,1-3H3. The predicted octanol–water partition coefficient (Wildman–Crippen LogP) is 5.33. The fourth-order valence-corrected chi connectivity index (χ4v) is 3.87. The Morgan fingerprint density at radius 3 is 2.67 bits per heavy atom. The van der Waals surface area contributed by atoms with Crippen molar-refractivity contribution >= 4 is 17.2 Å². The average molecular weight is 362 g/mol. The van der Waals surface area contributed by atoms with Crippen LogP contribution in [0.25, 0.3) is 11.0 Å². The van der Waals surface area contributed by atoms with Crippen LogP contribution in [-0.4, -0.2) is 16.3 Å². The number of aliphatic imine (C=N–C) groups is 1. The van der Waals surface area contributed by atoms with E-state index in [0.717, 1.165) is 59.1 Å². The van der Waals surface area contributed by atoms with Gasteiger partial charge in [-0.15, -0.1) is 0 Å². The molecule has 0 spiro atoms. The van der Waals surface area contributed by atoms with Crippen LogP contribution in [0.2, 0.25) is 0 Å². The van der Waals surface area contributed by atoms with Gasteiger partial charge < -0.3 is 9.52 Å².